The molecule has 0 aliphatic heterocycles. The fourth-order valence-corrected chi connectivity index (χ4v) is 5.26. The highest BCUT2D eigenvalue weighted by molar-refractivity contribution is 8.09. The molecule has 0 aromatic heterocycles. The number of hydrogen-bond donors (Lipinski definition) is 0. The van der Waals surface area contributed by atoms with Gasteiger partial charge in [-0.1, -0.05) is 110 Å². The van der Waals surface area contributed by atoms with Gasteiger partial charge >= 0.3 is 0 Å². The Morgan fingerprint density at radius 2 is 1.30 bits per heavy atom. The van der Waals surface area contributed by atoms with Crippen LogP contribution < -0.4 is 0 Å². The Kier molecular flexibility index (Phi) is 9.44. The summed E-state index contributed by atoms with van der Waals surface area (Å²) in [5.41, 5.74) is 9.89. The lowest BCUT2D eigenvalue weighted by molar-refractivity contribution is 0.896. The molecule has 0 N–H and O–H groups in total. The lowest BCUT2D eigenvalue weighted by Gasteiger charge is -2.10. The summed E-state index contributed by atoms with van der Waals surface area (Å²) in [5, 5.41) is 0. The summed E-state index contributed by atoms with van der Waals surface area (Å²) in [7, 11) is 0. The molecule has 0 fully saturated rings. The molecule has 0 saturated heterocycles. The van der Waals surface area contributed by atoms with Crippen LogP contribution in [0.4, 0.5) is 0 Å². The van der Waals surface area contributed by atoms with E-state index in [0.717, 1.165) is 11.3 Å². The molecule has 0 spiro atoms. The summed E-state index contributed by atoms with van der Waals surface area (Å²) in [6.07, 6.45) is 2.58. The minimum absolute atomic E-state index is 1.10. The minimum atomic E-state index is 1.10. The van der Waals surface area contributed by atoms with Crippen molar-refractivity contribution in [3.8, 4) is 0 Å². The number of hydrogen-bond acceptors (Lipinski definition) is 2. The van der Waals surface area contributed by atoms with Gasteiger partial charge in [-0.2, -0.15) is 11.8 Å². The van der Waals surface area contributed by atoms with E-state index in [1.165, 1.54) is 51.5 Å². The third-order valence-corrected chi connectivity index (χ3v) is 7.16. The van der Waals surface area contributed by atoms with Gasteiger partial charge in [0.2, 0.25) is 0 Å². The van der Waals surface area contributed by atoms with Crippen LogP contribution in [0.3, 0.4) is 0 Å². The molecule has 0 bridgehead atoms. The van der Waals surface area contributed by atoms with Crippen LogP contribution in [0.15, 0.2) is 90.7 Å². The molecule has 0 saturated carbocycles. The molecule has 3 aromatic rings. The SMILES string of the molecule is CCCCSCCSC(=C=C(c1ccccc1)c1ccc(C)cc1)c1ccccc1. The third kappa shape index (κ3) is 6.99. The molecule has 0 radical (unpaired) electrons. The van der Waals surface area contributed by atoms with Crippen molar-refractivity contribution in [1.82, 2.24) is 0 Å². The number of rotatable bonds is 10. The topological polar surface area (TPSA) is 0 Å². The monoisotopic (exact) mass is 430 g/mol. The van der Waals surface area contributed by atoms with E-state index in [1.807, 2.05) is 11.8 Å². The van der Waals surface area contributed by atoms with Crippen LogP contribution >= 0.6 is 23.5 Å². The Morgan fingerprint density at radius 1 is 0.700 bits per heavy atom. The van der Waals surface area contributed by atoms with E-state index in [0.29, 0.717) is 0 Å². The highest BCUT2D eigenvalue weighted by Gasteiger charge is 2.08. The Hall–Kier alpha value is -2.12. The summed E-state index contributed by atoms with van der Waals surface area (Å²) in [6, 6.07) is 30.1. The molecule has 0 heterocycles. The lowest BCUT2D eigenvalue weighted by Crippen LogP contribution is -1.90. The number of benzene rings is 3. The highest BCUT2D eigenvalue weighted by Crippen LogP contribution is 2.31. The first-order chi connectivity index (χ1) is 14.8. The fraction of sp³-hybridized carbons (Fsp3) is 0.250. The molecule has 30 heavy (non-hydrogen) atoms. The van der Waals surface area contributed by atoms with Gasteiger partial charge in [0.15, 0.2) is 0 Å². The number of thioether (sulfide) groups is 2. The van der Waals surface area contributed by atoms with E-state index >= 15 is 0 Å². The van der Waals surface area contributed by atoms with E-state index in [9.17, 15) is 0 Å². The van der Waals surface area contributed by atoms with E-state index in [1.54, 1.807) is 0 Å². The van der Waals surface area contributed by atoms with Crippen LogP contribution in [-0.4, -0.2) is 17.3 Å². The van der Waals surface area contributed by atoms with Crippen molar-refractivity contribution >= 4 is 34.0 Å². The van der Waals surface area contributed by atoms with Crippen LogP contribution in [0, 0.1) is 6.92 Å². The molecule has 0 nitrogen and oxygen atoms in total. The second-order valence-corrected chi connectivity index (χ2v) is 9.57. The maximum absolute atomic E-state index is 3.81. The van der Waals surface area contributed by atoms with E-state index in [2.05, 4.69) is 116 Å². The van der Waals surface area contributed by atoms with Gasteiger partial charge < -0.3 is 0 Å². The van der Waals surface area contributed by atoms with E-state index in [-0.39, 0.29) is 0 Å². The first-order valence-electron chi connectivity index (χ1n) is 10.7. The zero-order chi connectivity index (χ0) is 21.0. The van der Waals surface area contributed by atoms with Crippen molar-refractivity contribution in [2.45, 2.75) is 26.7 Å². The third-order valence-electron chi connectivity index (χ3n) is 4.79. The molecule has 0 aliphatic carbocycles. The molecule has 2 heteroatoms. The van der Waals surface area contributed by atoms with Gasteiger partial charge in [0.1, 0.15) is 0 Å². The zero-order valence-electron chi connectivity index (χ0n) is 17.9. The summed E-state index contributed by atoms with van der Waals surface area (Å²) in [5.74, 6) is 3.53. The number of aryl methyl sites for hydroxylation is 1. The van der Waals surface area contributed by atoms with Crippen LogP contribution in [0.25, 0.3) is 10.5 Å². The highest BCUT2D eigenvalue weighted by atomic mass is 32.2. The molecule has 0 unspecified atom stereocenters. The zero-order valence-corrected chi connectivity index (χ0v) is 19.6. The quantitative estimate of drug-likeness (QED) is 0.234. The van der Waals surface area contributed by atoms with Crippen LogP contribution in [0.1, 0.15) is 42.0 Å². The van der Waals surface area contributed by atoms with Gasteiger partial charge in [-0.15, -0.1) is 11.8 Å². The van der Waals surface area contributed by atoms with Gasteiger partial charge in [-0.25, -0.2) is 0 Å². The molecule has 3 aromatic carbocycles. The maximum Gasteiger partial charge on any atom is 0.0572 e. The van der Waals surface area contributed by atoms with Crippen molar-refractivity contribution < 1.29 is 0 Å². The largest absolute Gasteiger partial charge is 0.161 e. The van der Waals surface area contributed by atoms with Crippen LogP contribution in [0.5, 0.6) is 0 Å². The Morgan fingerprint density at radius 3 is 1.93 bits per heavy atom. The summed E-state index contributed by atoms with van der Waals surface area (Å²) < 4.78 is 0. The van der Waals surface area contributed by atoms with Gasteiger partial charge in [-0.3, -0.25) is 0 Å². The first-order valence-corrected chi connectivity index (χ1v) is 12.8. The van der Waals surface area contributed by atoms with Crippen molar-refractivity contribution in [3.63, 3.8) is 0 Å². The molecule has 0 amide bonds. The van der Waals surface area contributed by atoms with Gasteiger partial charge in [0.25, 0.3) is 0 Å². The predicted octanol–water partition coefficient (Wildman–Crippen LogP) is 8.33. The molecule has 0 aliphatic rings. The average Bonchev–Trinajstić information content (AvgIpc) is 2.80. The second kappa shape index (κ2) is 12.5. The lowest BCUT2D eigenvalue weighted by atomic mass is 9.97. The number of unbranched alkanes of at least 4 members (excludes halogenated alkanes) is 1. The molecular weight excluding hydrogens is 400 g/mol. The van der Waals surface area contributed by atoms with Crippen molar-refractivity contribution in [2.24, 2.45) is 0 Å². The smallest absolute Gasteiger partial charge is 0.0572 e. The van der Waals surface area contributed by atoms with Gasteiger partial charge in [0.05, 0.1) is 4.91 Å². The van der Waals surface area contributed by atoms with Gasteiger partial charge in [0, 0.05) is 17.1 Å². The molecular formula is C28H30S2. The minimum Gasteiger partial charge on any atom is -0.161 e. The molecule has 0 atom stereocenters. The van der Waals surface area contributed by atoms with E-state index < -0.39 is 0 Å². The van der Waals surface area contributed by atoms with Crippen LogP contribution in [-0.2, 0) is 0 Å². The summed E-state index contributed by atoms with van der Waals surface area (Å²) in [6.45, 7) is 4.39. The maximum atomic E-state index is 3.81. The second-order valence-electron chi connectivity index (χ2n) is 7.24. The predicted molar refractivity (Wildman–Crippen MR) is 138 cm³/mol. The van der Waals surface area contributed by atoms with Crippen molar-refractivity contribution in [1.29, 1.82) is 0 Å². The average molecular weight is 431 g/mol. The Labute approximate surface area is 190 Å². The molecule has 3 rings (SSSR count). The van der Waals surface area contributed by atoms with Crippen molar-refractivity contribution in [3.05, 3.63) is 113 Å². The van der Waals surface area contributed by atoms with E-state index in [4.69, 9.17) is 0 Å². The fourth-order valence-electron chi connectivity index (χ4n) is 3.08. The first kappa shape index (κ1) is 22.6. The Bertz CT molecular complexity index is 951. The van der Waals surface area contributed by atoms with Crippen LogP contribution in [0.2, 0.25) is 0 Å². The Balaban J connectivity index is 2.00. The normalized spacial score (nSPS) is 10.5. The van der Waals surface area contributed by atoms with Crippen molar-refractivity contribution in [2.75, 3.05) is 17.3 Å². The summed E-state index contributed by atoms with van der Waals surface area (Å²) in [4.78, 5) is 1.21. The molecule has 154 valence electrons. The summed E-state index contributed by atoms with van der Waals surface area (Å²) >= 11 is 3.98. The van der Waals surface area contributed by atoms with Gasteiger partial charge in [-0.05, 0) is 35.8 Å². The standard InChI is InChI=1S/C28H30S2/c1-3-4-19-29-20-21-30-28(26-13-9-6-10-14-26)22-27(24-11-7-5-8-12-24)25-17-15-23(2)16-18-25/h5-18H,3-4,19-21H2,1-2H3.